The fourth-order valence-electron chi connectivity index (χ4n) is 1.35. The fraction of sp³-hybridized carbons (Fsp3) is 0.300. The monoisotopic (exact) mass is 285 g/mol. The van der Waals surface area contributed by atoms with E-state index in [-0.39, 0.29) is 23.8 Å². The summed E-state index contributed by atoms with van der Waals surface area (Å²) in [4.78, 5) is 14.3. The third kappa shape index (κ3) is 3.26. The molecule has 0 bridgehead atoms. The minimum atomic E-state index is -3.78. The van der Waals surface area contributed by atoms with Crippen molar-refractivity contribution in [1.82, 2.24) is 14.9 Å². The smallest absolute Gasteiger partial charge is 0.273 e. The molecule has 2 aromatic heterocycles. The van der Waals surface area contributed by atoms with E-state index >= 15 is 0 Å². The van der Waals surface area contributed by atoms with Gasteiger partial charge in [0.25, 0.3) is 10.0 Å². The first kappa shape index (κ1) is 13.4. The van der Waals surface area contributed by atoms with Gasteiger partial charge in [-0.1, -0.05) is 5.16 Å². The second-order valence-electron chi connectivity index (χ2n) is 3.66. The van der Waals surface area contributed by atoms with Crippen LogP contribution in [0.15, 0.2) is 26.2 Å². The Balaban J connectivity index is 1.96. The molecule has 0 unspecified atom stereocenters. The molecule has 2 heterocycles. The third-order valence-electron chi connectivity index (χ3n) is 2.18. The van der Waals surface area contributed by atoms with E-state index in [1.807, 2.05) is 0 Å². The first-order valence-corrected chi connectivity index (χ1v) is 6.83. The molecule has 0 aromatic carbocycles. The highest BCUT2D eigenvalue weighted by atomic mass is 32.2. The van der Waals surface area contributed by atoms with Gasteiger partial charge in [-0.2, -0.15) is 4.98 Å². The van der Waals surface area contributed by atoms with Crippen LogP contribution in [0.5, 0.6) is 0 Å². The van der Waals surface area contributed by atoms with Crippen molar-refractivity contribution in [3.05, 3.63) is 29.6 Å². The van der Waals surface area contributed by atoms with Crippen molar-refractivity contribution in [2.75, 3.05) is 6.54 Å². The van der Waals surface area contributed by atoms with E-state index in [1.54, 1.807) is 6.92 Å². The standard InChI is InChI=1S/C10H11N3O5S/c1-7-12-9(18-13-7)4-5-11-19(15,16)10-3-2-8(6-14)17-10/h2-3,6,11H,4-5H2,1H3. The number of hydrogen-bond donors (Lipinski definition) is 1. The second kappa shape index (κ2) is 5.33. The quantitative estimate of drug-likeness (QED) is 0.759. The first-order valence-electron chi connectivity index (χ1n) is 5.35. The molecule has 2 aromatic rings. The molecule has 1 N–H and O–H groups in total. The van der Waals surface area contributed by atoms with Crippen LogP contribution in [0.4, 0.5) is 0 Å². The van der Waals surface area contributed by atoms with Crippen molar-refractivity contribution in [1.29, 1.82) is 0 Å². The van der Waals surface area contributed by atoms with Crippen LogP contribution in [0, 0.1) is 6.92 Å². The normalized spacial score (nSPS) is 11.6. The predicted molar refractivity (Wildman–Crippen MR) is 62.0 cm³/mol. The third-order valence-corrected chi connectivity index (χ3v) is 3.52. The first-order chi connectivity index (χ1) is 9.01. The van der Waals surface area contributed by atoms with Crippen molar-refractivity contribution in [2.45, 2.75) is 18.4 Å². The van der Waals surface area contributed by atoms with Gasteiger partial charge >= 0.3 is 0 Å². The maximum atomic E-state index is 11.8. The van der Waals surface area contributed by atoms with Gasteiger partial charge in [-0.15, -0.1) is 0 Å². The van der Waals surface area contributed by atoms with Gasteiger partial charge in [0.05, 0.1) is 0 Å². The summed E-state index contributed by atoms with van der Waals surface area (Å²) < 4.78 is 35.5. The number of rotatable bonds is 6. The summed E-state index contributed by atoms with van der Waals surface area (Å²) in [5.41, 5.74) is 0. The topological polar surface area (TPSA) is 115 Å². The Bertz CT molecular complexity index is 673. The number of sulfonamides is 1. The van der Waals surface area contributed by atoms with Crippen LogP contribution in [0.25, 0.3) is 0 Å². The maximum Gasteiger partial charge on any atom is 0.273 e. The van der Waals surface area contributed by atoms with Crippen molar-refractivity contribution in [2.24, 2.45) is 0 Å². The summed E-state index contributed by atoms with van der Waals surface area (Å²) in [5.74, 6) is 0.778. The van der Waals surface area contributed by atoms with Gasteiger partial charge in [-0.3, -0.25) is 4.79 Å². The molecule has 8 nitrogen and oxygen atoms in total. The molecule has 0 amide bonds. The number of hydrogen-bond acceptors (Lipinski definition) is 7. The van der Waals surface area contributed by atoms with Gasteiger partial charge in [0, 0.05) is 13.0 Å². The van der Waals surface area contributed by atoms with E-state index in [1.165, 1.54) is 12.1 Å². The molecule has 0 aliphatic heterocycles. The Labute approximate surface area is 108 Å². The van der Waals surface area contributed by atoms with Crippen molar-refractivity contribution in [3.63, 3.8) is 0 Å². The van der Waals surface area contributed by atoms with E-state index in [0.717, 1.165) is 0 Å². The lowest BCUT2D eigenvalue weighted by Gasteiger charge is -2.01. The summed E-state index contributed by atoms with van der Waals surface area (Å²) in [6.45, 7) is 1.75. The Kier molecular flexibility index (Phi) is 3.76. The van der Waals surface area contributed by atoms with Gasteiger partial charge in [0.15, 0.2) is 17.9 Å². The Morgan fingerprint density at radius 1 is 1.42 bits per heavy atom. The van der Waals surface area contributed by atoms with E-state index in [4.69, 9.17) is 8.94 Å². The van der Waals surface area contributed by atoms with E-state index in [0.29, 0.717) is 18.0 Å². The molecule has 0 atom stereocenters. The molecular weight excluding hydrogens is 274 g/mol. The summed E-state index contributed by atoms with van der Waals surface area (Å²) in [6.07, 6.45) is 0.696. The Morgan fingerprint density at radius 3 is 2.79 bits per heavy atom. The number of carbonyl (C=O) groups excluding carboxylic acids is 1. The highest BCUT2D eigenvalue weighted by molar-refractivity contribution is 7.89. The summed E-state index contributed by atoms with van der Waals surface area (Å²) in [7, 11) is -3.78. The lowest BCUT2D eigenvalue weighted by Crippen LogP contribution is -2.25. The maximum absolute atomic E-state index is 11.8. The van der Waals surface area contributed by atoms with Gasteiger partial charge < -0.3 is 8.94 Å². The zero-order chi connectivity index (χ0) is 13.9. The van der Waals surface area contributed by atoms with Crippen LogP contribution in [0.1, 0.15) is 22.3 Å². The summed E-state index contributed by atoms with van der Waals surface area (Å²) in [5, 5.41) is 3.27. The van der Waals surface area contributed by atoms with Crippen LogP contribution in [0.2, 0.25) is 0 Å². The van der Waals surface area contributed by atoms with Crippen molar-refractivity contribution >= 4 is 16.3 Å². The molecule has 0 aliphatic carbocycles. The van der Waals surface area contributed by atoms with Gasteiger partial charge in [0.1, 0.15) is 0 Å². The zero-order valence-corrected chi connectivity index (χ0v) is 10.8. The molecule has 19 heavy (non-hydrogen) atoms. The molecule has 0 fully saturated rings. The lowest BCUT2D eigenvalue weighted by atomic mass is 10.4. The Hall–Kier alpha value is -2.00. The van der Waals surface area contributed by atoms with Crippen LogP contribution in [-0.2, 0) is 16.4 Å². The average molecular weight is 285 g/mol. The zero-order valence-electron chi connectivity index (χ0n) is 9.99. The highest BCUT2D eigenvalue weighted by Crippen LogP contribution is 2.12. The van der Waals surface area contributed by atoms with Crippen LogP contribution < -0.4 is 4.72 Å². The molecule has 0 spiro atoms. The Morgan fingerprint density at radius 2 is 2.21 bits per heavy atom. The summed E-state index contributed by atoms with van der Waals surface area (Å²) >= 11 is 0. The van der Waals surface area contributed by atoms with Crippen molar-refractivity contribution < 1.29 is 22.2 Å². The molecule has 2 rings (SSSR count). The number of nitrogens with one attached hydrogen (secondary N) is 1. The molecule has 102 valence electrons. The van der Waals surface area contributed by atoms with Gasteiger partial charge in [-0.05, 0) is 19.1 Å². The van der Waals surface area contributed by atoms with Gasteiger partial charge in [-0.25, -0.2) is 13.1 Å². The predicted octanol–water partition coefficient (Wildman–Crippen LogP) is 0.305. The number of aromatic nitrogens is 2. The van der Waals surface area contributed by atoms with Crippen LogP contribution >= 0.6 is 0 Å². The molecule has 0 saturated carbocycles. The van der Waals surface area contributed by atoms with Crippen LogP contribution in [0.3, 0.4) is 0 Å². The number of carbonyl (C=O) groups is 1. The van der Waals surface area contributed by atoms with Gasteiger partial charge in [0.2, 0.25) is 11.0 Å². The highest BCUT2D eigenvalue weighted by Gasteiger charge is 2.18. The second-order valence-corrected chi connectivity index (χ2v) is 5.36. The molecule has 0 radical (unpaired) electrons. The van der Waals surface area contributed by atoms with Crippen LogP contribution in [-0.4, -0.2) is 31.4 Å². The minimum Gasteiger partial charge on any atom is -0.440 e. The largest absolute Gasteiger partial charge is 0.440 e. The minimum absolute atomic E-state index is 0.0482. The fourth-order valence-corrected chi connectivity index (χ4v) is 2.31. The molecule has 0 aliphatic rings. The molecule has 0 saturated heterocycles. The summed E-state index contributed by atoms with van der Waals surface area (Å²) in [6, 6.07) is 2.49. The molecule has 9 heteroatoms. The van der Waals surface area contributed by atoms with E-state index < -0.39 is 10.0 Å². The van der Waals surface area contributed by atoms with E-state index in [9.17, 15) is 13.2 Å². The molecular formula is C10H11N3O5S. The average Bonchev–Trinajstić information content (AvgIpc) is 2.98. The number of aryl methyl sites for hydroxylation is 1. The van der Waals surface area contributed by atoms with Crippen molar-refractivity contribution in [3.8, 4) is 0 Å². The van der Waals surface area contributed by atoms with E-state index in [2.05, 4.69) is 14.9 Å². The number of nitrogens with zero attached hydrogens (tertiary/aromatic N) is 2. The number of aldehydes is 1. The SMILES string of the molecule is Cc1noc(CCNS(=O)(=O)c2ccc(C=O)o2)n1. The number of furan rings is 1. The lowest BCUT2D eigenvalue weighted by molar-refractivity contribution is 0.109.